The Labute approximate surface area is 98.3 Å². The summed E-state index contributed by atoms with van der Waals surface area (Å²) in [7, 11) is 2.04. The van der Waals surface area contributed by atoms with E-state index in [4.69, 9.17) is 0 Å². The van der Waals surface area contributed by atoms with Gasteiger partial charge in [0.15, 0.2) is 0 Å². The zero-order valence-electron chi connectivity index (χ0n) is 10.4. The van der Waals surface area contributed by atoms with Crippen LogP contribution in [0.2, 0.25) is 0 Å². The molecule has 0 radical (unpaired) electrons. The first-order valence-corrected chi connectivity index (χ1v) is 6.51. The molecule has 2 rings (SSSR count). The molecule has 16 heavy (non-hydrogen) atoms. The SMILES string of the molecule is CCCNC(CCC1CC1)c1cn(C)cn1. The molecule has 0 aliphatic heterocycles. The van der Waals surface area contributed by atoms with Gasteiger partial charge in [0.25, 0.3) is 0 Å². The Morgan fingerprint density at radius 2 is 2.38 bits per heavy atom. The molecule has 1 fully saturated rings. The van der Waals surface area contributed by atoms with Gasteiger partial charge in [-0.25, -0.2) is 4.98 Å². The van der Waals surface area contributed by atoms with E-state index < -0.39 is 0 Å². The standard InChI is InChI=1S/C13H23N3/c1-3-8-14-12(7-6-11-4-5-11)13-9-16(2)10-15-13/h9-12,14H,3-8H2,1-2H3. The van der Waals surface area contributed by atoms with E-state index in [1.165, 1.54) is 37.8 Å². The van der Waals surface area contributed by atoms with Crippen LogP contribution < -0.4 is 5.32 Å². The first-order chi connectivity index (χ1) is 7.79. The van der Waals surface area contributed by atoms with Gasteiger partial charge in [-0.2, -0.15) is 0 Å². The minimum absolute atomic E-state index is 0.460. The Morgan fingerprint density at radius 1 is 1.56 bits per heavy atom. The Bertz CT molecular complexity index is 315. The predicted molar refractivity (Wildman–Crippen MR) is 66.2 cm³/mol. The molecule has 1 N–H and O–H groups in total. The van der Waals surface area contributed by atoms with Gasteiger partial charge >= 0.3 is 0 Å². The van der Waals surface area contributed by atoms with Crippen LogP contribution in [0.25, 0.3) is 0 Å². The molecule has 1 aromatic rings. The highest BCUT2D eigenvalue weighted by Gasteiger charge is 2.23. The van der Waals surface area contributed by atoms with Crippen molar-refractivity contribution in [2.75, 3.05) is 6.54 Å². The lowest BCUT2D eigenvalue weighted by atomic mass is 10.1. The Kier molecular flexibility index (Phi) is 3.99. The minimum atomic E-state index is 0.460. The molecule has 1 aliphatic rings. The second kappa shape index (κ2) is 5.48. The van der Waals surface area contributed by atoms with Crippen LogP contribution in [0.4, 0.5) is 0 Å². The van der Waals surface area contributed by atoms with Crippen LogP contribution >= 0.6 is 0 Å². The minimum Gasteiger partial charge on any atom is -0.340 e. The summed E-state index contributed by atoms with van der Waals surface area (Å²) in [6.45, 7) is 3.30. The van der Waals surface area contributed by atoms with Crippen LogP contribution in [0.1, 0.15) is 50.8 Å². The third-order valence-electron chi connectivity index (χ3n) is 3.28. The molecule has 0 aromatic carbocycles. The molecule has 1 saturated carbocycles. The summed E-state index contributed by atoms with van der Waals surface area (Å²) in [5, 5.41) is 3.61. The van der Waals surface area contributed by atoms with Gasteiger partial charge < -0.3 is 9.88 Å². The molecule has 1 aliphatic carbocycles. The second-order valence-corrected chi connectivity index (χ2v) is 4.99. The zero-order chi connectivity index (χ0) is 11.4. The number of nitrogens with zero attached hydrogens (tertiary/aromatic N) is 2. The van der Waals surface area contributed by atoms with Crippen molar-refractivity contribution in [3.63, 3.8) is 0 Å². The quantitative estimate of drug-likeness (QED) is 0.767. The highest BCUT2D eigenvalue weighted by molar-refractivity contribution is 5.03. The first-order valence-electron chi connectivity index (χ1n) is 6.51. The van der Waals surface area contributed by atoms with Gasteiger partial charge in [0, 0.05) is 13.2 Å². The Hall–Kier alpha value is -0.830. The fourth-order valence-electron chi connectivity index (χ4n) is 2.09. The number of aryl methyl sites for hydroxylation is 1. The molecule has 1 heterocycles. The molecule has 0 spiro atoms. The summed E-state index contributed by atoms with van der Waals surface area (Å²) < 4.78 is 2.03. The van der Waals surface area contributed by atoms with E-state index in [1.807, 2.05) is 17.9 Å². The van der Waals surface area contributed by atoms with Crippen molar-refractivity contribution in [3.8, 4) is 0 Å². The van der Waals surface area contributed by atoms with Crippen LogP contribution in [0, 0.1) is 5.92 Å². The topological polar surface area (TPSA) is 29.9 Å². The summed E-state index contributed by atoms with van der Waals surface area (Å²) in [5.41, 5.74) is 1.21. The predicted octanol–water partition coefficient (Wildman–Crippen LogP) is 2.65. The molecule has 90 valence electrons. The van der Waals surface area contributed by atoms with E-state index >= 15 is 0 Å². The maximum absolute atomic E-state index is 4.47. The molecular weight excluding hydrogens is 198 g/mol. The highest BCUT2D eigenvalue weighted by atomic mass is 15.0. The van der Waals surface area contributed by atoms with E-state index in [9.17, 15) is 0 Å². The van der Waals surface area contributed by atoms with Crippen LogP contribution in [0.5, 0.6) is 0 Å². The number of imidazole rings is 1. The van der Waals surface area contributed by atoms with E-state index in [0.29, 0.717) is 6.04 Å². The van der Waals surface area contributed by atoms with Crippen LogP contribution in [0.15, 0.2) is 12.5 Å². The molecule has 0 bridgehead atoms. The molecule has 3 nitrogen and oxygen atoms in total. The van der Waals surface area contributed by atoms with E-state index in [0.717, 1.165) is 12.5 Å². The monoisotopic (exact) mass is 221 g/mol. The van der Waals surface area contributed by atoms with Crippen LogP contribution in [-0.2, 0) is 7.05 Å². The summed E-state index contributed by atoms with van der Waals surface area (Å²) in [5.74, 6) is 1.01. The first kappa shape index (κ1) is 11.6. The maximum atomic E-state index is 4.47. The average molecular weight is 221 g/mol. The van der Waals surface area contributed by atoms with Crippen molar-refractivity contribution in [2.24, 2.45) is 13.0 Å². The van der Waals surface area contributed by atoms with Crippen molar-refractivity contribution in [2.45, 2.75) is 45.1 Å². The third-order valence-corrected chi connectivity index (χ3v) is 3.28. The number of nitrogens with one attached hydrogen (secondary N) is 1. The lowest BCUT2D eigenvalue weighted by molar-refractivity contribution is 0.462. The van der Waals surface area contributed by atoms with Crippen LogP contribution in [-0.4, -0.2) is 16.1 Å². The Morgan fingerprint density at radius 3 is 2.94 bits per heavy atom. The largest absolute Gasteiger partial charge is 0.340 e. The van der Waals surface area contributed by atoms with Gasteiger partial charge in [-0.15, -0.1) is 0 Å². The number of aromatic nitrogens is 2. The van der Waals surface area contributed by atoms with Crippen molar-refractivity contribution in [3.05, 3.63) is 18.2 Å². The molecule has 1 unspecified atom stereocenters. The van der Waals surface area contributed by atoms with Gasteiger partial charge in [-0.3, -0.25) is 0 Å². The van der Waals surface area contributed by atoms with Crippen molar-refractivity contribution < 1.29 is 0 Å². The van der Waals surface area contributed by atoms with Gasteiger partial charge in [0.1, 0.15) is 0 Å². The lowest BCUT2D eigenvalue weighted by Crippen LogP contribution is -2.22. The molecule has 0 saturated heterocycles. The normalized spacial score (nSPS) is 17.6. The fraction of sp³-hybridized carbons (Fsp3) is 0.769. The molecule has 3 heteroatoms. The summed E-state index contributed by atoms with van der Waals surface area (Å²) in [4.78, 5) is 4.47. The van der Waals surface area contributed by atoms with Crippen molar-refractivity contribution >= 4 is 0 Å². The van der Waals surface area contributed by atoms with Crippen molar-refractivity contribution in [1.29, 1.82) is 0 Å². The third kappa shape index (κ3) is 3.34. The fourth-order valence-corrected chi connectivity index (χ4v) is 2.09. The summed E-state index contributed by atoms with van der Waals surface area (Å²) in [6, 6.07) is 0.460. The maximum Gasteiger partial charge on any atom is 0.0947 e. The second-order valence-electron chi connectivity index (χ2n) is 4.99. The van der Waals surface area contributed by atoms with Crippen molar-refractivity contribution in [1.82, 2.24) is 14.9 Å². The van der Waals surface area contributed by atoms with E-state index in [1.54, 1.807) is 0 Å². The zero-order valence-corrected chi connectivity index (χ0v) is 10.4. The number of rotatable bonds is 7. The average Bonchev–Trinajstić information content (AvgIpc) is 3.01. The van der Waals surface area contributed by atoms with Gasteiger partial charge in [-0.1, -0.05) is 19.8 Å². The van der Waals surface area contributed by atoms with E-state index in [2.05, 4.69) is 23.4 Å². The lowest BCUT2D eigenvalue weighted by Gasteiger charge is -2.16. The van der Waals surface area contributed by atoms with Gasteiger partial charge in [0.05, 0.1) is 18.1 Å². The molecule has 0 amide bonds. The number of hydrogen-bond donors (Lipinski definition) is 1. The molecular formula is C13H23N3. The smallest absolute Gasteiger partial charge is 0.0947 e. The Balaban J connectivity index is 1.89. The summed E-state index contributed by atoms with van der Waals surface area (Å²) >= 11 is 0. The van der Waals surface area contributed by atoms with Gasteiger partial charge in [0.2, 0.25) is 0 Å². The number of hydrogen-bond acceptors (Lipinski definition) is 2. The highest BCUT2D eigenvalue weighted by Crippen LogP contribution is 2.35. The molecule has 1 aromatic heterocycles. The van der Waals surface area contributed by atoms with E-state index in [-0.39, 0.29) is 0 Å². The molecule has 1 atom stereocenters. The van der Waals surface area contributed by atoms with Crippen LogP contribution in [0.3, 0.4) is 0 Å². The summed E-state index contributed by atoms with van der Waals surface area (Å²) in [6.07, 6.45) is 10.7. The van der Waals surface area contributed by atoms with Gasteiger partial charge in [-0.05, 0) is 31.7 Å².